The zero-order valence-corrected chi connectivity index (χ0v) is 22.8. The Morgan fingerprint density at radius 1 is 0.441 bits per heavy atom. The molecule has 0 unspecified atom stereocenters. The molecule has 0 aliphatic carbocycles. The summed E-state index contributed by atoms with van der Waals surface area (Å²) in [5, 5.41) is 0. The lowest BCUT2D eigenvalue weighted by Crippen LogP contribution is -2.26. The van der Waals surface area contributed by atoms with Crippen LogP contribution in [-0.2, 0) is 13.1 Å². The summed E-state index contributed by atoms with van der Waals surface area (Å²) in [6.45, 7) is 16.2. The first kappa shape index (κ1) is 28.6. The van der Waals surface area contributed by atoms with Gasteiger partial charge in [-0.25, -0.2) is 0 Å². The normalized spacial score (nSPS) is 11.6. The highest BCUT2D eigenvalue weighted by atomic mass is 15.1. The van der Waals surface area contributed by atoms with Gasteiger partial charge in [0.1, 0.15) is 0 Å². The lowest BCUT2D eigenvalue weighted by molar-refractivity contribution is 0.255. The predicted molar refractivity (Wildman–Crippen MR) is 151 cm³/mol. The van der Waals surface area contributed by atoms with Crippen LogP contribution in [0, 0.1) is 0 Å². The Morgan fingerprint density at radius 2 is 0.794 bits per heavy atom. The van der Waals surface area contributed by atoms with Crippen LogP contribution in [0.25, 0.3) is 11.1 Å². The van der Waals surface area contributed by atoms with Crippen molar-refractivity contribution in [1.82, 2.24) is 9.80 Å². The van der Waals surface area contributed by atoms with Crippen LogP contribution in [0.3, 0.4) is 0 Å². The molecule has 2 aromatic rings. The van der Waals surface area contributed by atoms with Crippen molar-refractivity contribution in [3.05, 3.63) is 59.7 Å². The van der Waals surface area contributed by atoms with Crippen molar-refractivity contribution < 1.29 is 0 Å². The maximum Gasteiger partial charge on any atom is 0.0239 e. The number of rotatable bonds is 19. The van der Waals surface area contributed by atoms with E-state index in [9.17, 15) is 0 Å². The first-order valence-electron chi connectivity index (χ1n) is 14.3. The maximum absolute atomic E-state index is 2.69. The molecule has 0 saturated heterocycles. The Bertz CT molecular complexity index is 704. The Kier molecular flexibility index (Phi) is 14.9. The fraction of sp³-hybridized carbons (Fsp3) is 0.625. The molecule has 0 aromatic heterocycles. The van der Waals surface area contributed by atoms with Crippen molar-refractivity contribution in [3.8, 4) is 11.1 Å². The third-order valence-corrected chi connectivity index (χ3v) is 6.92. The molecule has 0 amide bonds. The monoisotopic (exact) mass is 464 g/mol. The third kappa shape index (κ3) is 10.3. The first-order chi connectivity index (χ1) is 16.7. The molecule has 190 valence electrons. The van der Waals surface area contributed by atoms with E-state index in [0.717, 1.165) is 13.1 Å². The molecule has 0 radical (unpaired) electrons. The minimum absolute atomic E-state index is 1.06. The van der Waals surface area contributed by atoms with E-state index >= 15 is 0 Å². The molecule has 2 rings (SSSR count). The van der Waals surface area contributed by atoms with Gasteiger partial charge in [-0.15, -0.1) is 0 Å². The molecule has 0 spiro atoms. The Hall–Kier alpha value is -1.64. The van der Waals surface area contributed by atoms with Gasteiger partial charge in [0.05, 0.1) is 0 Å². The summed E-state index contributed by atoms with van der Waals surface area (Å²) in [7, 11) is 0. The summed E-state index contributed by atoms with van der Waals surface area (Å²) in [4.78, 5) is 5.39. The van der Waals surface area contributed by atoms with Gasteiger partial charge >= 0.3 is 0 Å². The average molecular weight is 465 g/mol. The van der Waals surface area contributed by atoms with E-state index in [1.807, 2.05) is 0 Å². The largest absolute Gasteiger partial charge is 0.299 e. The zero-order chi connectivity index (χ0) is 24.4. The van der Waals surface area contributed by atoms with Gasteiger partial charge in [0.15, 0.2) is 0 Å². The topological polar surface area (TPSA) is 6.48 Å². The highest BCUT2D eigenvalue weighted by molar-refractivity contribution is 5.70. The number of nitrogens with zero attached hydrogens (tertiary/aromatic N) is 2. The standard InChI is InChI=1S/C32H52N2/c1-5-9-17-25-33(23-11-7-3)27-29-19-13-15-21-31(29)32-22-16-14-20-30(32)28-34(24-12-8-4)26-18-10-6-2/h13-16,19-22H,5-12,17-18,23-28H2,1-4H3. The lowest BCUT2D eigenvalue weighted by atomic mass is 9.94. The molecule has 0 saturated carbocycles. The molecule has 2 nitrogen and oxygen atoms in total. The van der Waals surface area contributed by atoms with Crippen molar-refractivity contribution in [3.63, 3.8) is 0 Å². The Balaban J connectivity index is 2.25. The van der Waals surface area contributed by atoms with E-state index in [-0.39, 0.29) is 0 Å². The molecule has 0 aliphatic heterocycles. The zero-order valence-electron chi connectivity index (χ0n) is 22.8. The number of benzene rings is 2. The molecule has 0 heterocycles. The second kappa shape index (κ2) is 17.7. The molecule has 2 aromatic carbocycles. The number of unbranched alkanes of at least 4 members (excludes halogenated alkanes) is 6. The fourth-order valence-corrected chi connectivity index (χ4v) is 4.80. The Morgan fingerprint density at radius 3 is 1.18 bits per heavy atom. The summed E-state index contributed by atoms with van der Waals surface area (Å²) in [6.07, 6.45) is 13.0. The van der Waals surface area contributed by atoms with Crippen molar-refractivity contribution in [2.45, 2.75) is 105 Å². The van der Waals surface area contributed by atoms with E-state index in [4.69, 9.17) is 0 Å². The summed E-state index contributed by atoms with van der Waals surface area (Å²) in [6, 6.07) is 18.3. The van der Waals surface area contributed by atoms with Crippen LogP contribution in [0.5, 0.6) is 0 Å². The second-order valence-corrected chi connectivity index (χ2v) is 9.99. The predicted octanol–water partition coefficient (Wildman–Crippen LogP) is 8.94. The van der Waals surface area contributed by atoms with Crippen LogP contribution < -0.4 is 0 Å². The molecular formula is C32H52N2. The van der Waals surface area contributed by atoms with Crippen LogP contribution in [0.2, 0.25) is 0 Å². The first-order valence-corrected chi connectivity index (χ1v) is 14.3. The van der Waals surface area contributed by atoms with E-state index in [1.165, 1.54) is 113 Å². The van der Waals surface area contributed by atoms with E-state index < -0.39 is 0 Å². The van der Waals surface area contributed by atoms with Gasteiger partial charge in [0, 0.05) is 13.1 Å². The van der Waals surface area contributed by atoms with E-state index in [1.54, 1.807) is 0 Å². The van der Waals surface area contributed by atoms with Crippen LogP contribution in [0.15, 0.2) is 48.5 Å². The van der Waals surface area contributed by atoms with Crippen LogP contribution in [0.1, 0.15) is 103 Å². The highest BCUT2D eigenvalue weighted by Crippen LogP contribution is 2.29. The van der Waals surface area contributed by atoms with Gasteiger partial charge in [-0.05, 0) is 74.1 Å². The van der Waals surface area contributed by atoms with Crippen molar-refractivity contribution in [1.29, 1.82) is 0 Å². The molecule has 0 fully saturated rings. The maximum atomic E-state index is 2.69. The van der Waals surface area contributed by atoms with Gasteiger partial charge in [-0.3, -0.25) is 9.80 Å². The van der Waals surface area contributed by atoms with Crippen LogP contribution in [0.4, 0.5) is 0 Å². The van der Waals surface area contributed by atoms with E-state index in [2.05, 4.69) is 86.0 Å². The van der Waals surface area contributed by atoms with Crippen molar-refractivity contribution in [2.24, 2.45) is 0 Å². The van der Waals surface area contributed by atoms with Gasteiger partial charge < -0.3 is 0 Å². The van der Waals surface area contributed by atoms with E-state index in [0.29, 0.717) is 0 Å². The summed E-state index contributed by atoms with van der Waals surface area (Å²) in [5.41, 5.74) is 5.82. The molecule has 0 N–H and O–H groups in total. The minimum atomic E-state index is 1.06. The quantitative estimate of drug-likeness (QED) is 0.191. The molecule has 0 atom stereocenters. The highest BCUT2D eigenvalue weighted by Gasteiger charge is 2.14. The lowest BCUT2D eigenvalue weighted by Gasteiger charge is -2.26. The Labute approximate surface area is 211 Å². The number of hydrogen-bond donors (Lipinski definition) is 0. The molecular weight excluding hydrogens is 412 g/mol. The summed E-state index contributed by atoms with van der Waals surface area (Å²) >= 11 is 0. The van der Waals surface area contributed by atoms with Gasteiger partial charge in [0.2, 0.25) is 0 Å². The molecule has 34 heavy (non-hydrogen) atoms. The minimum Gasteiger partial charge on any atom is -0.299 e. The third-order valence-electron chi connectivity index (χ3n) is 6.92. The number of hydrogen-bond acceptors (Lipinski definition) is 2. The van der Waals surface area contributed by atoms with Gasteiger partial charge in [-0.2, -0.15) is 0 Å². The van der Waals surface area contributed by atoms with Crippen molar-refractivity contribution >= 4 is 0 Å². The summed E-state index contributed by atoms with van der Waals surface area (Å²) < 4.78 is 0. The SMILES string of the molecule is CCCCCN(CCCC)Cc1ccccc1-c1ccccc1CN(CCCC)CCCCC. The molecule has 0 aliphatic rings. The molecule has 2 heteroatoms. The second-order valence-electron chi connectivity index (χ2n) is 9.99. The van der Waals surface area contributed by atoms with Crippen LogP contribution >= 0.6 is 0 Å². The van der Waals surface area contributed by atoms with Gasteiger partial charge in [-0.1, -0.05) is 115 Å². The molecule has 0 bridgehead atoms. The fourth-order valence-electron chi connectivity index (χ4n) is 4.80. The average Bonchev–Trinajstić information content (AvgIpc) is 2.86. The summed E-state index contributed by atoms with van der Waals surface area (Å²) in [5.74, 6) is 0. The van der Waals surface area contributed by atoms with Crippen molar-refractivity contribution in [2.75, 3.05) is 26.2 Å². The smallest absolute Gasteiger partial charge is 0.0239 e. The van der Waals surface area contributed by atoms with Crippen LogP contribution in [-0.4, -0.2) is 36.0 Å². The van der Waals surface area contributed by atoms with Gasteiger partial charge in [0.25, 0.3) is 0 Å².